The van der Waals surface area contributed by atoms with E-state index in [-0.39, 0.29) is 22.9 Å². The maximum absolute atomic E-state index is 13.7. The Bertz CT molecular complexity index is 1050. The molecule has 1 aromatic rings. The summed E-state index contributed by atoms with van der Waals surface area (Å²) < 4.78 is 6.51. The molecule has 0 radical (unpaired) electrons. The first-order chi connectivity index (χ1) is 18.4. The van der Waals surface area contributed by atoms with Gasteiger partial charge in [-0.05, 0) is 102 Å². The highest BCUT2D eigenvalue weighted by Gasteiger charge is 2.62. The van der Waals surface area contributed by atoms with Crippen LogP contribution in [-0.2, 0) is 9.22 Å². The summed E-state index contributed by atoms with van der Waals surface area (Å²) in [4.78, 5) is 26.9. The van der Waals surface area contributed by atoms with Gasteiger partial charge in [-0.1, -0.05) is 78.8 Å². The summed E-state index contributed by atoms with van der Waals surface area (Å²) in [5.74, 6) is 4.28. The second-order valence-corrected chi connectivity index (χ2v) is 18.1. The van der Waals surface area contributed by atoms with Gasteiger partial charge in [0, 0.05) is 18.6 Å². The standard InChI is InChI=1S/C35H54O3Si/c1-22(2)33(4,5)39-38-21-23(3)26-15-16-27-25-13-14-29-31(32(37)24-11-9-8-10-12-24)30(36)18-20-35(29,7)28(25)17-19-34(26,27)6/h8-12,22-23,25-29,31H,13-21,39H2,1-7H3/t23-,25-,26+,27-,28-,29-,31?,34+,35+/m0/s1. The fourth-order valence-electron chi connectivity index (χ4n) is 10.1. The van der Waals surface area contributed by atoms with Crippen LogP contribution in [0.1, 0.15) is 110 Å². The molecule has 5 rings (SSSR count). The van der Waals surface area contributed by atoms with Crippen molar-refractivity contribution in [2.24, 2.45) is 58.2 Å². The predicted octanol–water partition coefficient (Wildman–Crippen LogP) is 7.91. The van der Waals surface area contributed by atoms with Crippen molar-refractivity contribution in [2.75, 3.05) is 6.61 Å². The molecule has 4 heteroatoms. The third-order valence-corrected chi connectivity index (χ3v) is 15.1. The predicted molar refractivity (Wildman–Crippen MR) is 162 cm³/mol. The lowest BCUT2D eigenvalue weighted by molar-refractivity contribution is -0.148. The maximum atomic E-state index is 13.7. The van der Waals surface area contributed by atoms with Crippen molar-refractivity contribution in [2.45, 2.75) is 105 Å². The topological polar surface area (TPSA) is 43.4 Å². The lowest BCUT2D eigenvalue weighted by Crippen LogP contribution is -2.57. The van der Waals surface area contributed by atoms with Gasteiger partial charge < -0.3 is 4.43 Å². The molecule has 0 amide bonds. The van der Waals surface area contributed by atoms with Crippen LogP contribution in [0.15, 0.2) is 30.3 Å². The Labute approximate surface area is 240 Å². The molecule has 4 aliphatic carbocycles. The van der Waals surface area contributed by atoms with Gasteiger partial charge in [0.05, 0.1) is 5.92 Å². The van der Waals surface area contributed by atoms with Crippen LogP contribution in [0.3, 0.4) is 0 Å². The maximum Gasteiger partial charge on any atom is 0.173 e. The molecule has 9 atom stereocenters. The van der Waals surface area contributed by atoms with Gasteiger partial charge >= 0.3 is 0 Å². The minimum Gasteiger partial charge on any atom is -0.423 e. The fraction of sp³-hybridized carbons (Fsp3) is 0.771. The van der Waals surface area contributed by atoms with Crippen LogP contribution in [0.25, 0.3) is 0 Å². The molecule has 0 bridgehead atoms. The Balaban J connectivity index is 1.30. The molecule has 4 saturated carbocycles. The normalized spacial score (nSPS) is 39.4. The molecule has 3 nitrogen and oxygen atoms in total. The second-order valence-electron chi connectivity index (χ2n) is 15.6. The average molecular weight is 551 g/mol. The molecule has 0 aliphatic heterocycles. The van der Waals surface area contributed by atoms with Crippen LogP contribution in [-0.4, -0.2) is 27.9 Å². The SMILES string of the molecule is CC(C)C(C)(C)[SiH2]OC[C@H](C)[C@H]1CC[C@H]2[C@@H]3CC[C@H]4C(C(=O)c5ccccc5)C(=O)CC[C@]4(C)[C@H]3CC[C@]12C. The number of carbonyl (C=O) groups excluding carboxylic acids is 2. The Morgan fingerprint density at radius 3 is 2.31 bits per heavy atom. The van der Waals surface area contributed by atoms with E-state index >= 15 is 0 Å². The molecule has 0 heterocycles. The van der Waals surface area contributed by atoms with E-state index in [4.69, 9.17) is 4.43 Å². The zero-order chi connectivity index (χ0) is 28.2. The van der Waals surface area contributed by atoms with Crippen LogP contribution in [0.5, 0.6) is 0 Å². The van der Waals surface area contributed by atoms with Crippen LogP contribution >= 0.6 is 0 Å². The summed E-state index contributed by atoms with van der Waals surface area (Å²) in [5.41, 5.74) is 1.23. The largest absolute Gasteiger partial charge is 0.423 e. The van der Waals surface area contributed by atoms with Crippen LogP contribution < -0.4 is 0 Å². The molecule has 0 N–H and O–H groups in total. The quantitative estimate of drug-likeness (QED) is 0.188. The number of ketones is 2. The van der Waals surface area contributed by atoms with Crippen molar-refractivity contribution in [3.05, 3.63) is 35.9 Å². The van der Waals surface area contributed by atoms with Gasteiger partial charge in [0.15, 0.2) is 15.5 Å². The molecular formula is C35H54O3Si. The third kappa shape index (κ3) is 5.05. The van der Waals surface area contributed by atoms with Gasteiger partial charge in [-0.25, -0.2) is 0 Å². The third-order valence-electron chi connectivity index (χ3n) is 13.1. The number of fused-ring (bicyclic) bond motifs is 5. The van der Waals surface area contributed by atoms with E-state index < -0.39 is 15.7 Å². The molecule has 4 aliphatic rings. The smallest absolute Gasteiger partial charge is 0.173 e. The Hall–Kier alpha value is -1.26. The van der Waals surface area contributed by atoms with E-state index in [0.717, 1.165) is 37.2 Å². The molecule has 0 saturated heterocycles. The van der Waals surface area contributed by atoms with Crippen molar-refractivity contribution in [3.8, 4) is 0 Å². The van der Waals surface area contributed by atoms with E-state index in [1.54, 1.807) is 0 Å². The van der Waals surface area contributed by atoms with Crippen molar-refractivity contribution in [1.29, 1.82) is 0 Å². The van der Waals surface area contributed by atoms with Crippen molar-refractivity contribution in [1.82, 2.24) is 0 Å². The summed E-state index contributed by atoms with van der Waals surface area (Å²) in [6, 6.07) is 9.59. The zero-order valence-electron chi connectivity index (χ0n) is 25.8. The van der Waals surface area contributed by atoms with E-state index in [2.05, 4.69) is 48.5 Å². The summed E-state index contributed by atoms with van der Waals surface area (Å²) in [6.07, 6.45) is 9.06. The van der Waals surface area contributed by atoms with Gasteiger partial charge in [0.25, 0.3) is 0 Å². The van der Waals surface area contributed by atoms with Crippen LogP contribution in [0, 0.1) is 58.2 Å². The summed E-state index contributed by atoms with van der Waals surface area (Å²) in [6.45, 7) is 17.9. The molecule has 216 valence electrons. The van der Waals surface area contributed by atoms with Gasteiger partial charge in [0.2, 0.25) is 0 Å². The van der Waals surface area contributed by atoms with Crippen LogP contribution in [0.2, 0.25) is 5.04 Å². The number of rotatable bonds is 8. The van der Waals surface area contributed by atoms with Crippen molar-refractivity contribution in [3.63, 3.8) is 0 Å². The van der Waals surface area contributed by atoms with E-state index in [1.807, 2.05) is 30.3 Å². The van der Waals surface area contributed by atoms with E-state index in [1.165, 1.54) is 32.1 Å². The summed E-state index contributed by atoms with van der Waals surface area (Å²) in [7, 11) is -0.554. The molecular weight excluding hydrogens is 496 g/mol. The van der Waals surface area contributed by atoms with E-state index in [0.29, 0.717) is 40.2 Å². The lowest BCUT2D eigenvalue weighted by atomic mass is 9.43. The number of hydrogen-bond donors (Lipinski definition) is 0. The lowest BCUT2D eigenvalue weighted by Gasteiger charge is -2.61. The Morgan fingerprint density at radius 2 is 1.62 bits per heavy atom. The van der Waals surface area contributed by atoms with Gasteiger partial charge in [0.1, 0.15) is 5.78 Å². The minimum absolute atomic E-state index is 0.0783. The van der Waals surface area contributed by atoms with E-state index in [9.17, 15) is 9.59 Å². The number of carbonyl (C=O) groups is 2. The number of Topliss-reactive ketones (excluding diaryl/α,β-unsaturated/α-hetero) is 2. The summed E-state index contributed by atoms with van der Waals surface area (Å²) >= 11 is 0. The molecule has 0 spiro atoms. The number of benzene rings is 1. The molecule has 0 aromatic heterocycles. The average Bonchev–Trinajstić information content (AvgIpc) is 3.26. The second kappa shape index (κ2) is 10.9. The van der Waals surface area contributed by atoms with Gasteiger partial charge in [-0.2, -0.15) is 0 Å². The molecule has 39 heavy (non-hydrogen) atoms. The molecule has 1 aromatic carbocycles. The van der Waals surface area contributed by atoms with Gasteiger partial charge in [-0.3, -0.25) is 9.59 Å². The van der Waals surface area contributed by atoms with Gasteiger partial charge in [-0.15, -0.1) is 0 Å². The van der Waals surface area contributed by atoms with Crippen molar-refractivity contribution >= 4 is 21.3 Å². The summed E-state index contributed by atoms with van der Waals surface area (Å²) in [5, 5.41) is 0.356. The number of hydrogen-bond acceptors (Lipinski definition) is 3. The Morgan fingerprint density at radius 1 is 0.949 bits per heavy atom. The first kappa shape index (κ1) is 29.2. The first-order valence-electron chi connectivity index (χ1n) is 16.1. The highest BCUT2D eigenvalue weighted by molar-refractivity contribution is 6.32. The minimum atomic E-state index is -0.554. The molecule has 1 unspecified atom stereocenters. The molecule has 4 fully saturated rings. The fourth-order valence-corrected chi connectivity index (χ4v) is 11.4. The Kier molecular flexibility index (Phi) is 8.14. The van der Waals surface area contributed by atoms with Crippen LogP contribution in [0.4, 0.5) is 0 Å². The first-order valence-corrected chi connectivity index (χ1v) is 17.4. The zero-order valence-corrected chi connectivity index (χ0v) is 27.2. The highest BCUT2D eigenvalue weighted by Crippen LogP contribution is 2.68. The monoisotopic (exact) mass is 550 g/mol. The van der Waals surface area contributed by atoms with Crippen molar-refractivity contribution < 1.29 is 14.0 Å². The highest BCUT2D eigenvalue weighted by atomic mass is 28.2.